The highest BCUT2D eigenvalue weighted by Crippen LogP contribution is 2.37. The Balaban J connectivity index is 1.53. The molecule has 2 aliphatic rings. The fourth-order valence-corrected chi connectivity index (χ4v) is 6.28. The second-order valence-electron chi connectivity index (χ2n) is 7.40. The third kappa shape index (κ3) is 3.01. The summed E-state index contributed by atoms with van der Waals surface area (Å²) in [7, 11) is -2.11. The maximum Gasteiger partial charge on any atom is 0.243 e. The van der Waals surface area contributed by atoms with Crippen LogP contribution in [0.3, 0.4) is 0 Å². The second-order valence-corrected chi connectivity index (χ2v) is 9.24. The lowest BCUT2D eigenvalue weighted by Gasteiger charge is -2.27. The normalized spacial score (nSPS) is 21.6. The van der Waals surface area contributed by atoms with E-state index in [1.165, 1.54) is 7.11 Å². The Morgan fingerprint density at radius 1 is 1.10 bits per heavy atom. The molecule has 0 radical (unpaired) electrons. The molecule has 1 aromatic carbocycles. The van der Waals surface area contributed by atoms with Crippen LogP contribution in [0, 0.1) is 0 Å². The van der Waals surface area contributed by atoms with Gasteiger partial charge in [0.15, 0.2) is 5.82 Å². The average Bonchev–Trinajstić information content (AvgIpc) is 3.28. The standard InChI is InChI=1S/C20H21N5O3S/c1-28-17-5-2-6-18(11-17)29(26,27)25-15-7-8-16(25)13-24-19(10-15)22-23-20(24)14-4-3-9-21-12-14/h2-6,9,11-12,15-16H,7-8,10,13H2,1H3. The van der Waals surface area contributed by atoms with Gasteiger partial charge in [-0.25, -0.2) is 8.42 Å². The van der Waals surface area contributed by atoms with Crippen molar-refractivity contribution in [1.29, 1.82) is 0 Å². The molecule has 0 saturated carbocycles. The Labute approximate surface area is 169 Å². The molecule has 1 fully saturated rings. The van der Waals surface area contributed by atoms with Crippen molar-refractivity contribution < 1.29 is 13.2 Å². The minimum atomic E-state index is -3.65. The molecule has 0 aliphatic carbocycles. The van der Waals surface area contributed by atoms with Gasteiger partial charge in [0, 0.05) is 49.1 Å². The van der Waals surface area contributed by atoms with Gasteiger partial charge in [0.25, 0.3) is 0 Å². The van der Waals surface area contributed by atoms with Gasteiger partial charge in [0.05, 0.1) is 12.0 Å². The molecule has 8 nitrogen and oxygen atoms in total. The molecule has 0 N–H and O–H groups in total. The SMILES string of the molecule is COc1cccc(S(=O)(=O)N2C3CCC2Cn2c(nnc2-c2cccnc2)C3)c1. The van der Waals surface area contributed by atoms with Crippen LogP contribution in [0.25, 0.3) is 11.4 Å². The maximum absolute atomic E-state index is 13.5. The Hall–Kier alpha value is -2.78. The minimum Gasteiger partial charge on any atom is -0.497 e. The van der Waals surface area contributed by atoms with E-state index in [9.17, 15) is 8.42 Å². The van der Waals surface area contributed by atoms with Gasteiger partial charge >= 0.3 is 0 Å². The van der Waals surface area contributed by atoms with Gasteiger partial charge in [-0.1, -0.05) is 6.07 Å². The van der Waals surface area contributed by atoms with Crippen LogP contribution in [-0.4, -0.2) is 51.7 Å². The van der Waals surface area contributed by atoms with Gasteiger partial charge in [-0.05, 0) is 37.1 Å². The molecule has 0 spiro atoms. The van der Waals surface area contributed by atoms with Crippen molar-refractivity contribution in [3.63, 3.8) is 0 Å². The van der Waals surface area contributed by atoms with E-state index in [1.807, 2.05) is 12.1 Å². The monoisotopic (exact) mass is 411 g/mol. The summed E-state index contributed by atoms with van der Waals surface area (Å²) in [6.45, 7) is 0.534. The molecule has 29 heavy (non-hydrogen) atoms. The van der Waals surface area contributed by atoms with E-state index in [4.69, 9.17) is 4.74 Å². The fourth-order valence-electron chi connectivity index (χ4n) is 4.39. The largest absolute Gasteiger partial charge is 0.497 e. The van der Waals surface area contributed by atoms with Crippen LogP contribution in [0.15, 0.2) is 53.7 Å². The van der Waals surface area contributed by atoms with E-state index < -0.39 is 10.0 Å². The van der Waals surface area contributed by atoms with Crippen LogP contribution < -0.4 is 4.74 Å². The molecule has 2 bridgehead atoms. The molecule has 9 heteroatoms. The van der Waals surface area contributed by atoms with Crippen molar-refractivity contribution in [1.82, 2.24) is 24.1 Å². The molecule has 1 saturated heterocycles. The van der Waals surface area contributed by atoms with E-state index >= 15 is 0 Å². The van der Waals surface area contributed by atoms with Gasteiger partial charge in [0.1, 0.15) is 11.6 Å². The van der Waals surface area contributed by atoms with Crippen molar-refractivity contribution in [3.05, 3.63) is 54.6 Å². The molecule has 3 aromatic rings. The van der Waals surface area contributed by atoms with Gasteiger partial charge in [0.2, 0.25) is 10.0 Å². The highest BCUT2D eigenvalue weighted by Gasteiger charge is 2.45. The zero-order valence-corrected chi connectivity index (χ0v) is 16.8. The summed E-state index contributed by atoms with van der Waals surface area (Å²) in [6, 6.07) is 10.2. The predicted octanol–water partition coefficient (Wildman–Crippen LogP) is 2.13. The number of sulfonamides is 1. The predicted molar refractivity (Wildman–Crippen MR) is 106 cm³/mol. The number of rotatable bonds is 4. The summed E-state index contributed by atoms with van der Waals surface area (Å²) in [6.07, 6.45) is 5.66. The molecule has 5 rings (SSSR count). The van der Waals surface area contributed by atoms with Crippen molar-refractivity contribution in [2.45, 2.75) is 42.8 Å². The molecule has 4 heterocycles. The molecular weight excluding hydrogens is 390 g/mol. The number of ether oxygens (including phenoxy) is 1. The zero-order valence-electron chi connectivity index (χ0n) is 16.0. The summed E-state index contributed by atoms with van der Waals surface area (Å²) in [4.78, 5) is 4.43. The van der Waals surface area contributed by atoms with Gasteiger partial charge in [-0.3, -0.25) is 4.98 Å². The Morgan fingerprint density at radius 3 is 2.76 bits per heavy atom. The van der Waals surface area contributed by atoms with E-state index in [2.05, 4.69) is 19.7 Å². The first-order valence-electron chi connectivity index (χ1n) is 9.58. The van der Waals surface area contributed by atoms with Crippen LogP contribution in [0.4, 0.5) is 0 Å². The number of methoxy groups -OCH3 is 1. The lowest BCUT2D eigenvalue weighted by molar-refractivity contribution is 0.315. The van der Waals surface area contributed by atoms with Crippen molar-refractivity contribution in [2.75, 3.05) is 7.11 Å². The van der Waals surface area contributed by atoms with E-state index in [1.54, 1.807) is 41.0 Å². The van der Waals surface area contributed by atoms with Crippen molar-refractivity contribution >= 4 is 10.0 Å². The first-order valence-corrected chi connectivity index (χ1v) is 11.0. The Morgan fingerprint density at radius 2 is 1.97 bits per heavy atom. The average molecular weight is 411 g/mol. The smallest absolute Gasteiger partial charge is 0.243 e. The van der Waals surface area contributed by atoms with Crippen LogP contribution >= 0.6 is 0 Å². The first-order chi connectivity index (χ1) is 14.1. The molecule has 2 unspecified atom stereocenters. The molecule has 2 aromatic heterocycles. The second kappa shape index (κ2) is 6.93. The summed E-state index contributed by atoms with van der Waals surface area (Å²) < 4.78 is 36.0. The summed E-state index contributed by atoms with van der Waals surface area (Å²) >= 11 is 0. The quantitative estimate of drug-likeness (QED) is 0.653. The van der Waals surface area contributed by atoms with Crippen LogP contribution in [0.1, 0.15) is 18.7 Å². The number of hydrogen-bond donors (Lipinski definition) is 0. The topological polar surface area (TPSA) is 90.2 Å². The zero-order chi connectivity index (χ0) is 20.0. The highest BCUT2D eigenvalue weighted by atomic mass is 32.2. The van der Waals surface area contributed by atoms with Crippen molar-refractivity contribution in [2.24, 2.45) is 0 Å². The molecule has 0 amide bonds. The lowest BCUT2D eigenvalue weighted by atomic mass is 10.1. The fraction of sp³-hybridized carbons (Fsp3) is 0.350. The highest BCUT2D eigenvalue weighted by molar-refractivity contribution is 7.89. The number of hydrogen-bond acceptors (Lipinski definition) is 6. The Kier molecular flexibility index (Phi) is 4.36. The van der Waals surface area contributed by atoms with E-state index in [-0.39, 0.29) is 17.0 Å². The number of nitrogens with zero attached hydrogens (tertiary/aromatic N) is 5. The third-order valence-electron chi connectivity index (χ3n) is 5.73. The third-order valence-corrected chi connectivity index (χ3v) is 7.73. The summed E-state index contributed by atoms with van der Waals surface area (Å²) in [5, 5.41) is 8.74. The summed E-state index contributed by atoms with van der Waals surface area (Å²) in [5.41, 5.74) is 0.881. The van der Waals surface area contributed by atoms with Gasteiger partial charge < -0.3 is 9.30 Å². The minimum absolute atomic E-state index is 0.122. The number of aromatic nitrogens is 4. The molecule has 2 aliphatic heterocycles. The van der Waals surface area contributed by atoms with E-state index in [0.717, 1.165) is 30.1 Å². The first kappa shape index (κ1) is 18.3. The molecule has 150 valence electrons. The van der Waals surface area contributed by atoms with Crippen LogP contribution in [0.5, 0.6) is 5.75 Å². The lowest BCUT2D eigenvalue weighted by Crippen LogP contribution is -2.42. The summed E-state index contributed by atoms with van der Waals surface area (Å²) in [5.74, 6) is 2.09. The molecule has 2 atom stereocenters. The van der Waals surface area contributed by atoms with Crippen LogP contribution in [0.2, 0.25) is 0 Å². The maximum atomic E-state index is 13.5. The van der Waals surface area contributed by atoms with Gasteiger partial charge in [-0.15, -0.1) is 10.2 Å². The van der Waals surface area contributed by atoms with Crippen molar-refractivity contribution in [3.8, 4) is 17.1 Å². The molecular formula is C20H21N5O3S. The Bertz CT molecular complexity index is 1150. The van der Waals surface area contributed by atoms with E-state index in [0.29, 0.717) is 18.7 Å². The van der Waals surface area contributed by atoms with Crippen LogP contribution in [-0.2, 0) is 23.0 Å². The number of fused-ring (bicyclic) bond motifs is 3. The number of benzene rings is 1. The number of pyridine rings is 1. The van der Waals surface area contributed by atoms with Gasteiger partial charge in [-0.2, -0.15) is 4.31 Å².